The van der Waals surface area contributed by atoms with E-state index in [-0.39, 0.29) is 0 Å². The summed E-state index contributed by atoms with van der Waals surface area (Å²) in [4.78, 5) is 0. The highest BCUT2D eigenvalue weighted by molar-refractivity contribution is 6.31. The lowest BCUT2D eigenvalue weighted by Crippen LogP contribution is -2.31. The van der Waals surface area contributed by atoms with Crippen molar-refractivity contribution in [3.63, 3.8) is 0 Å². The highest BCUT2D eigenvalue weighted by Crippen LogP contribution is 2.57. The van der Waals surface area contributed by atoms with Crippen LogP contribution in [0.3, 0.4) is 0 Å². The van der Waals surface area contributed by atoms with Gasteiger partial charge in [0.05, 0.1) is 23.0 Å². The maximum Gasteiger partial charge on any atom is 0.0834 e. The van der Waals surface area contributed by atoms with Gasteiger partial charge in [-0.05, 0) is 56.4 Å². The number of nitrogens with zero attached hydrogens (tertiary/aromatic N) is 2. The normalized spacial score (nSPS) is 29.4. The van der Waals surface area contributed by atoms with E-state index in [9.17, 15) is 0 Å². The van der Waals surface area contributed by atoms with Crippen molar-refractivity contribution in [3.8, 4) is 0 Å². The Labute approximate surface area is 127 Å². The van der Waals surface area contributed by atoms with E-state index in [1.54, 1.807) is 0 Å². The summed E-state index contributed by atoms with van der Waals surface area (Å²) in [5, 5.41) is 9.07. The summed E-state index contributed by atoms with van der Waals surface area (Å²) in [5.74, 6) is 2.76. The van der Waals surface area contributed by atoms with E-state index < -0.39 is 0 Å². The number of aromatic nitrogens is 2. The van der Waals surface area contributed by atoms with Crippen molar-refractivity contribution in [2.24, 2.45) is 17.8 Å². The van der Waals surface area contributed by atoms with Gasteiger partial charge in [0.25, 0.3) is 0 Å². The molecule has 0 amide bonds. The lowest BCUT2D eigenvalue weighted by Gasteiger charge is -2.27. The largest absolute Gasteiger partial charge is 0.308 e. The van der Waals surface area contributed by atoms with Crippen LogP contribution >= 0.6 is 11.6 Å². The number of aryl methyl sites for hydroxylation is 1. The van der Waals surface area contributed by atoms with Gasteiger partial charge in [-0.2, -0.15) is 5.10 Å². The first-order valence-electron chi connectivity index (χ1n) is 8.19. The van der Waals surface area contributed by atoms with Crippen LogP contribution in [-0.4, -0.2) is 16.3 Å². The first kappa shape index (κ1) is 14.4. The van der Waals surface area contributed by atoms with Gasteiger partial charge in [0, 0.05) is 6.54 Å². The Morgan fingerprint density at radius 2 is 2.05 bits per heavy atom. The molecule has 0 aromatic carbocycles. The first-order valence-corrected chi connectivity index (χ1v) is 8.56. The third kappa shape index (κ3) is 2.75. The Bertz CT molecular complexity index is 447. The molecule has 0 radical (unpaired) electrons. The summed E-state index contributed by atoms with van der Waals surface area (Å²) in [6, 6.07) is 0.393. The molecule has 2 saturated carbocycles. The number of nitrogens with one attached hydrogen (secondary N) is 1. The highest BCUT2D eigenvalue weighted by Gasteiger charge is 2.48. The van der Waals surface area contributed by atoms with Crippen molar-refractivity contribution in [3.05, 3.63) is 16.9 Å². The fourth-order valence-corrected chi connectivity index (χ4v) is 4.15. The third-order valence-electron chi connectivity index (χ3n) is 4.93. The zero-order chi connectivity index (χ0) is 14.1. The fraction of sp³-hybridized carbons (Fsp3) is 0.812. The van der Waals surface area contributed by atoms with Crippen LogP contribution in [0.5, 0.6) is 0 Å². The molecule has 3 nitrogen and oxygen atoms in total. The molecule has 2 aliphatic rings. The molecule has 0 spiro atoms. The Hall–Kier alpha value is -0.540. The first-order chi connectivity index (χ1) is 9.74. The average Bonchev–Trinajstić information content (AvgIpc) is 2.88. The number of hydrogen-bond donors (Lipinski definition) is 1. The number of halogens is 1. The minimum absolute atomic E-state index is 0.393. The maximum atomic E-state index is 6.46. The Kier molecular flexibility index (Phi) is 4.37. The highest BCUT2D eigenvalue weighted by atomic mass is 35.5. The van der Waals surface area contributed by atoms with Crippen molar-refractivity contribution in [1.82, 2.24) is 15.1 Å². The summed E-state index contributed by atoms with van der Waals surface area (Å²) >= 11 is 6.46. The molecule has 3 rings (SSSR count). The monoisotopic (exact) mass is 295 g/mol. The minimum Gasteiger partial charge on any atom is -0.308 e. The summed E-state index contributed by atoms with van der Waals surface area (Å²) in [6.45, 7) is 6.44. The van der Waals surface area contributed by atoms with Gasteiger partial charge in [-0.15, -0.1) is 0 Å². The lowest BCUT2D eigenvalue weighted by atomic mass is 9.91. The van der Waals surface area contributed by atoms with E-state index in [0.717, 1.165) is 48.7 Å². The summed E-state index contributed by atoms with van der Waals surface area (Å²) in [6.07, 6.45) is 8.30. The molecular formula is C16H26ClN3. The van der Waals surface area contributed by atoms with Crippen LogP contribution in [0.1, 0.15) is 57.7 Å². The van der Waals surface area contributed by atoms with E-state index >= 15 is 0 Å². The second kappa shape index (κ2) is 6.07. The van der Waals surface area contributed by atoms with Crippen LogP contribution in [0.25, 0.3) is 0 Å². The smallest absolute Gasteiger partial charge is 0.0834 e. The van der Waals surface area contributed by atoms with Gasteiger partial charge in [0.15, 0.2) is 0 Å². The Morgan fingerprint density at radius 1 is 1.30 bits per heavy atom. The second-order valence-corrected chi connectivity index (χ2v) is 6.93. The molecular weight excluding hydrogens is 270 g/mol. The molecule has 0 aliphatic heterocycles. The van der Waals surface area contributed by atoms with E-state index in [4.69, 9.17) is 11.6 Å². The van der Waals surface area contributed by atoms with Gasteiger partial charge < -0.3 is 5.32 Å². The van der Waals surface area contributed by atoms with Crippen molar-refractivity contribution in [2.75, 3.05) is 6.54 Å². The van der Waals surface area contributed by atoms with Gasteiger partial charge in [-0.25, -0.2) is 0 Å². The molecule has 3 unspecified atom stereocenters. The average molecular weight is 296 g/mol. The van der Waals surface area contributed by atoms with E-state index in [0.29, 0.717) is 6.04 Å². The van der Waals surface area contributed by atoms with Crippen molar-refractivity contribution in [1.29, 1.82) is 0 Å². The van der Waals surface area contributed by atoms with Gasteiger partial charge in [0.2, 0.25) is 0 Å². The minimum atomic E-state index is 0.393. The second-order valence-electron chi connectivity index (χ2n) is 6.52. The fourth-order valence-electron chi connectivity index (χ4n) is 3.89. The Morgan fingerprint density at radius 3 is 2.70 bits per heavy atom. The third-order valence-corrected chi connectivity index (χ3v) is 5.22. The van der Waals surface area contributed by atoms with Gasteiger partial charge >= 0.3 is 0 Å². The lowest BCUT2D eigenvalue weighted by molar-refractivity contribution is 0.322. The van der Waals surface area contributed by atoms with Crippen LogP contribution in [0.2, 0.25) is 5.02 Å². The van der Waals surface area contributed by atoms with E-state index in [1.807, 2.05) is 6.20 Å². The Balaban J connectivity index is 1.82. The predicted octanol–water partition coefficient (Wildman–Crippen LogP) is 4.03. The zero-order valence-electron chi connectivity index (χ0n) is 12.6. The molecule has 1 aromatic heterocycles. The number of hydrogen-bond acceptors (Lipinski definition) is 2. The summed E-state index contributed by atoms with van der Waals surface area (Å²) in [7, 11) is 0. The van der Waals surface area contributed by atoms with Crippen molar-refractivity contribution < 1.29 is 0 Å². The van der Waals surface area contributed by atoms with Crippen LogP contribution in [-0.2, 0) is 6.54 Å². The SMILES string of the molecule is CCCNC(c1c(Cl)cnn1CCC)C1CC2CC2C1. The molecule has 1 aromatic rings. The summed E-state index contributed by atoms with van der Waals surface area (Å²) in [5.41, 5.74) is 1.23. The van der Waals surface area contributed by atoms with Gasteiger partial charge in [-0.1, -0.05) is 25.4 Å². The van der Waals surface area contributed by atoms with Crippen molar-refractivity contribution in [2.45, 2.75) is 58.5 Å². The van der Waals surface area contributed by atoms with E-state index in [2.05, 4.69) is 28.9 Å². The predicted molar refractivity (Wildman–Crippen MR) is 82.9 cm³/mol. The molecule has 3 atom stereocenters. The molecule has 4 heteroatoms. The topological polar surface area (TPSA) is 29.9 Å². The maximum absolute atomic E-state index is 6.46. The molecule has 2 aliphatic carbocycles. The van der Waals surface area contributed by atoms with Crippen LogP contribution < -0.4 is 5.32 Å². The summed E-state index contributed by atoms with van der Waals surface area (Å²) < 4.78 is 2.12. The van der Waals surface area contributed by atoms with Crippen molar-refractivity contribution >= 4 is 11.6 Å². The molecule has 2 fully saturated rings. The van der Waals surface area contributed by atoms with Crippen LogP contribution in [0.4, 0.5) is 0 Å². The molecule has 1 N–H and O–H groups in total. The van der Waals surface area contributed by atoms with Crippen LogP contribution in [0.15, 0.2) is 6.20 Å². The van der Waals surface area contributed by atoms with Gasteiger partial charge in [-0.3, -0.25) is 4.68 Å². The molecule has 1 heterocycles. The molecule has 0 saturated heterocycles. The quantitative estimate of drug-likeness (QED) is 0.823. The molecule has 20 heavy (non-hydrogen) atoms. The zero-order valence-corrected chi connectivity index (χ0v) is 13.4. The molecule has 0 bridgehead atoms. The molecule has 112 valence electrons. The van der Waals surface area contributed by atoms with E-state index in [1.165, 1.54) is 25.0 Å². The number of fused-ring (bicyclic) bond motifs is 1. The van der Waals surface area contributed by atoms with Crippen LogP contribution in [0, 0.1) is 17.8 Å². The number of rotatable bonds is 7. The van der Waals surface area contributed by atoms with Gasteiger partial charge in [0.1, 0.15) is 0 Å². The standard InChI is InChI=1S/C16H26ClN3/c1-3-5-18-15(13-8-11-7-12(11)9-13)16-14(17)10-19-20(16)6-4-2/h10-13,15,18H,3-9H2,1-2H3.